The number of amides is 1. The third kappa shape index (κ3) is 3.52. The molecule has 25 heavy (non-hydrogen) atoms. The fourth-order valence-corrected chi connectivity index (χ4v) is 2.89. The van der Waals surface area contributed by atoms with Gasteiger partial charge in [0, 0.05) is 22.7 Å². The summed E-state index contributed by atoms with van der Waals surface area (Å²) >= 11 is 11.8. The molecular weight excluding hydrogens is 361 g/mol. The third-order valence-corrected chi connectivity index (χ3v) is 4.40. The first-order chi connectivity index (χ1) is 11.9. The summed E-state index contributed by atoms with van der Waals surface area (Å²) in [5.74, 6) is 0.173. The van der Waals surface area contributed by atoms with Gasteiger partial charge in [-0.1, -0.05) is 23.2 Å². The number of nitrogens with one attached hydrogen (secondary N) is 1. The standard InChI is InChI=1S/C18H15Cl2N3O2/c1-10(21-17(24)11-3-5-12(19)6-4-11)16-22-15-9-13(20)7-8-14(15)18(25)23(16)2/h3-10H,1-2H3,(H,21,24)/t10-/m1/s1. The summed E-state index contributed by atoms with van der Waals surface area (Å²) in [4.78, 5) is 29.4. The van der Waals surface area contributed by atoms with E-state index in [1.807, 2.05) is 0 Å². The predicted molar refractivity (Wildman–Crippen MR) is 99.3 cm³/mol. The van der Waals surface area contributed by atoms with E-state index in [9.17, 15) is 9.59 Å². The van der Waals surface area contributed by atoms with Crippen LogP contribution in [-0.4, -0.2) is 15.5 Å². The molecule has 1 heterocycles. The first kappa shape index (κ1) is 17.5. The number of hydrogen-bond donors (Lipinski definition) is 1. The van der Waals surface area contributed by atoms with Gasteiger partial charge in [-0.05, 0) is 49.4 Å². The van der Waals surface area contributed by atoms with Gasteiger partial charge in [0.25, 0.3) is 11.5 Å². The molecule has 0 radical (unpaired) electrons. The molecule has 0 aliphatic rings. The third-order valence-electron chi connectivity index (χ3n) is 3.91. The van der Waals surface area contributed by atoms with Crippen molar-refractivity contribution in [3.05, 3.63) is 74.3 Å². The zero-order valence-corrected chi connectivity index (χ0v) is 15.1. The summed E-state index contributed by atoms with van der Waals surface area (Å²) in [5.41, 5.74) is 0.785. The maximum absolute atomic E-state index is 12.5. The normalized spacial score (nSPS) is 12.2. The Morgan fingerprint density at radius 3 is 2.44 bits per heavy atom. The van der Waals surface area contributed by atoms with Crippen LogP contribution in [0.3, 0.4) is 0 Å². The van der Waals surface area contributed by atoms with Gasteiger partial charge in [0.05, 0.1) is 16.9 Å². The summed E-state index contributed by atoms with van der Waals surface area (Å²) in [6.07, 6.45) is 0. The van der Waals surface area contributed by atoms with Crippen LogP contribution >= 0.6 is 23.2 Å². The fraction of sp³-hybridized carbons (Fsp3) is 0.167. The van der Waals surface area contributed by atoms with Crippen LogP contribution in [0.25, 0.3) is 10.9 Å². The maximum atomic E-state index is 12.5. The number of hydrogen-bond acceptors (Lipinski definition) is 3. The highest BCUT2D eigenvalue weighted by atomic mass is 35.5. The largest absolute Gasteiger partial charge is 0.342 e. The van der Waals surface area contributed by atoms with Gasteiger partial charge in [-0.3, -0.25) is 14.2 Å². The molecule has 5 nitrogen and oxygen atoms in total. The fourth-order valence-electron chi connectivity index (χ4n) is 2.59. The molecule has 0 spiro atoms. The van der Waals surface area contributed by atoms with Crippen LogP contribution in [0.15, 0.2) is 47.3 Å². The van der Waals surface area contributed by atoms with E-state index in [4.69, 9.17) is 23.2 Å². The highest BCUT2D eigenvalue weighted by molar-refractivity contribution is 6.31. The van der Waals surface area contributed by atoms with Crippen molar-refractivity contribution < 1.29 is 4.79 Å². The van der Waals surface area contributed by atoms with Crippen molar-refractivity contribution in [1.29, 1.82) is 0 Å². The van der Waals surface area contributed by atoms with Crippen LogP contribution in [0.4, 0.5) is 0 Å². The van der Waals surface area contributed by atoms with E-state index >= 15 is 0 Å². The molecule has 128 valence electrons. The number of aromatic nitrogens is 2. The number of benzene rings is 2. The van der Waals surface area contributed by atoms with Gasteiger partial charge < -0.3 is 5.32 Å². The Balaban J connectivity index is 1.95. The molecule has 0 bridgehead atoms. The molecule has 1 atom stereocenters. The van der Waals surface area contributed by atoms with Crippen molar-refractivity contribution >= 4 is 40.0 Å². The minimum absolute atomic E-state index is 0.191. The average molecular weight is 376 g/mol. The molecule has 3 aromatic rings. The molecule has 0 aliphatic carbocycles. The summed E-state index contributed by atoms with van der Waals surface area (Å²) in [5, 5.41) is 4.37. The van der Waals surface area contributed by atoms with E-state index in [2.05, 4.69) is 10.3 Å². The van der Waals surface area contributed by atoms with Crippen molar-refractivity contribution in [3.63, 3.8) is 0 Å². The van der Waals surface area contributed by atoms with Crippen molar-refractivity contribution in [2.75, 3.05) is 0 Å². The number of carbonyl (C=O) groups is 1. The summed E-state index contributed by atoms with van der Waals surface area (Å²) in [6.45, 7) is 1.77. The van der Waals surface area contributed by atoms with Crippen molar-refractivity contribution in [2.45, 2.75) is 13.0 Å². The minimum Gasteiger partial charge on any atom is -0.342 e. The topological polar surface area (TPSA) is 64.0 Å². The lowest BCUT2D eigenvalue weighted by Gasteiger charge is -2.17. The van der Waals surface area contributed by atoms with E-state index < -0.39 is 6.04 Å². The Kier molecular flexibility index (Phi) is 4.79. The molecule has 1 amide bonds. The molecule has 1 N–H and O–H groups in total. The van der Waals surface area contributed by atoms with E-state index in [0.717, 1.165) is 0 Å². The van der Waals surface area contributed by atoms with E-state index in [1.54, 1.807) is 56.4 Å². The second-order valence-electron chi connectivity index (χ2n) is 5.70. The highest BCUT2D eigenvalue weighted by Crippen LogP contribution is 2.18. The van der Waals surface area contributed by atoms with Gasteiger partial charge in [0.15, 0.2) is 0 Å². The first-order valence-electron chi connectivity index (χ1n) is 7.59. The Morgan fingerprint density at radius 1 is 1.12 bits per heavy atom. The molecule has 0 unspecified atom stereocenters. The Bertz CT molecular complexity index is 1010. The SMILES string of the molecule is C[C@@H](NC(=O)c1ccc(Cl)cc1)c1nc2cc(Cl)ccc2c(=O)n1C. The molecule has 3 rings (SSSR count). The molecule has 1 aromatic heterocycles. The van der Waals surface area contributed by atoms with Crippen LogP contribution < -0.4 is 10.9 Å². The van der Waals surface area contributed by atoms with E-state index in [0.29, 0.717) is 32.3 Å². The first-order valence-corrected chi connectivity index (χ1v) is 8.35. The monoisotopic (exact) mass is 375 g/mol. The lowest BCUT2D eigenvalue weighted by Crippen LogP contribution is -2.32. The van der Waals surface area contributed by atoms with Crippen molar-refractivity contribution in [3.8, 4) is 0 Å². The lowest BCUT2D eigenvalue weighted by molar-refractivity contribution is 0.0937. The quantitative estimate of drug-likeness (QED) is 0.758. The van der Waals surface area contributed by atoms with Crippen molar-refractivity contribution in [1.82, 2.24) is 14.9 Å². The zero-order valence-electron chi connectivity index (χ0n) is 13.6. The Morgan fingerprint density at radius 2 is 1.76 bits per heavy atom. The van der Waals surface area contributed by atoms with Gasteiger partial charge in [-0.2, -0.15) is 0 Å². The average Bonchev–Trinajstić information content (AvgIpc) is 2.58. The lowest BCUT2D eigenvalue weighted by atomic mass is 10.2. The molecule has 0 saturated heterocycles. The van der Waals surface area contributed by atoms with E-state index in [-0.39, 0.29) is 11.5 Å². The van der Waals surface area contributed by atoms with Crippen molar-refractivity contribution in [2.24, 2.45) is 7.05 Å². The van der Waals surface area contributed by atoms with Gasteiger partial charge >= 0.3 is 0 Å². The van der Waals surface area contributed by atoms with Crippen LogP contribution in [0, 0.1) is 0 Å². The Hall–Kier alpha value is -2.37. The number of nitrogens with zero attached hydrogens (tertiary/aromatic N) is 2. The highest BCUT2D eigenvalue weighted by Gasteiger charge is 2.17. The number of fused-ring (bicyclic) bond motifs is 1. The van der Waals surface area contributed by atoms with Crippen LogP contribution in [-0.2, 0) is 7.05 Å². The van der Waals surface area contributed by atoms with Gasteiger partial charge in [0.2, 0.25) is 0 Å². The van der Waals surface area contributed by atoms with Gasteiger partial charge in [-0.15, -0.1) is 0 Å². The van der Waals surface area contributed by atoms with Crippen LogP contribution in [0.5, 0.6) is 0 Å². The number of halogens is 2. The molecule has 2 aromatic carbocycles. The smallest absolute Gasteiger partial charge is 0.261 e. The Labute approximate surface area is 154 Å². The predicted octanol–water partition coefficient (Wildman–Crippen LogP) is 3.73. The minimum atomic E-state index is -0.468. The molecule has 0 aliphatic heterocycles. The number of rotatable bonds is 3. The summed E-state index contributed by atoms with van der Waals surface area (Å²) in [6, 6.07) is 11.0. The molecular formula is C18H15Cl2N3O2. The second-order valence-corrected chi connectivity index (χ2v) is 6.57. The second kappa shape index (κ2) is 6.86. The van der Waals surface area contributed by atoms with Gasteiger partial charge in [0.1, 0.15) is 5.82 Å². The van der Waals surface area contributed by atoms with Gasteiger partial charge in [-0.25, -0.2) is 4.98 Å². The maximum Gasteiger partial charge on any atom is 0.261 e. The summed E-state index contributed by atoms with van der Waals surface area (Å²) in [7, 11) is 1.63. The van der Waals surface area contributed by atoms with E-state index in [1.165, 1.54) is 4.57 Å². The van der Waals surface area contributed by atoms with Crippen LogP contribution in [0.1, 0.15) is 29.1 Å². The molecule has 0 saturated carbocycles. The van der Waals surface area contributed by atoms with Crippen LogP contribution in [0.2, 0.25) is 10.0 Å². The summed E-state index contributed by atoms with van der Waals surface area (Å²) < 4.78 is 1.43. The molecule has 0 fully saturated rings. The zero-order chi connectivity index (χ0) is 18.1. The molecule has 7 heteroatoms. The number of carbonyl (C=O) groups excluding carboxylic acids is 1.